The van der Waals surface area contributed by atoms with Gasteiger partial charge in [0.05, 0.1) is 19.3 Å². The number of methoxy groups -OCH3 is 1. The fourth-order valence-corrected chi connectivity index (χ4v) is 2.85. The van der Waals surface area contributed by atoms with Crippen LogP contribution in [0.25, 0.3) is 0 Å². The lowest BCUT2D eigenvalue weighted by Gasteiger charge is -2.20. The van der Waals surface area contributed by atoms with E-state index in [4.69, 9.17) is 4.74 Å². The van der Waals surface area contributed by atoms with Gasteiger partial charge < -0.3 is 15.0 Å². The van der Waals surface area contributed by atoms with Gasteiger partial charge >= 0.3 is 0 Å². The maximum atomic E-state index is 5.40. The summed E-state index contributed by atoms with van der Waals surface area (Å²) in [5.41, 5.74) is 1.09. The zero-order chi connectivity index (χ0) is 14.4. The molecule has 5 heteroatoms. The van der Waals surface area contributed by atoms with Crippen LogP contribution >= 0.6 is 11.3 Å². The molecule has 0 saturated heterocycles. The fourth-order valence-electron chi connectivity index (χ4n) is 1.96. The molecule has 0 saturated carbocycles. The topological polar surface area (TPSA) is 37.4 Å². The van der Waals surface area contributed by atoms with Crippen molar-refractivity contribution in [2.45, 2.75) is 19.9 Å². The molecular formula is C15H21N3OS. The van der Waals surface area contributed by atoms with Crippen molar-refractivity contribution >= 4 is 22.2 Å². The quantitative estimate of drug-likeness (QED) is 0.845. The predicted octanol–water partition coefficient (Wildman–Crippen LogP) is 3.61. The number of rotatable bonds is 7. The molecule has 1 aromatic heterocycles. The maximum Gasteiger partial charge on any atom is 0.182 e. The van der Waals surface area contributed by atoms with E-state index in [0.717, 1.165) is 36.1 Å². The molecule has 0 spiro atoms. The summed E-state index contributed by atoms with van der Waals surface area (Å²) in [6, 6.07) is 8.05. The van der Waals surface area contributed by atoms with Gasteiger partial charge in [-0.25, -0.2) is 4.98 Å². The summed E-state index contributed by atoms with van der Waals surface area (Å²) in [6.07, 6.45) is 3.05. The number of ether oxygens (including phenoxy) is 1. The minimum Gasteiger partial charge on any atom is -0.495 e. The third kappa shape index (κ3) is 3.63. The van der Waals surface area contributed by atoms with Crippen LogP contribution in [0.4, 0.5) is 10.8 Å². The van der Waals surface area contributed by atoms with Crippen molar-refractivity contribution in [3.8, 4) is 5.75 Å². The monoisotopic (exact) mass is 291 g/mol. The van der Waals surface area contributed by atoms with Crippen LogP contribution < -0.4 is 15.0 Å². The van der Waals surface area contributed by atoms with Crippen molar-refractivity contribution in [2.24, 2.45) is 0 Å². The Balaban J connectivity index is 2.03. The Morgan fingerprint density at radius 2 is 2.15 bits per heavy atom. The molecule has 0 radical (unpaired) electrons. The van der Waals surface area contributed by atoms with Gasteiger partial charge in [0.1, 0.15) is 5.75 Å². The van der Waals surface area contributed by atoms with E-state index in [2.05, 4.69) is 35.2 Å². The molecule has 0 fully saturated rings. The second kappa shape index (κ2) is 7.14. The van der Waals surface area contributed by atoms with E-state index in [0.29, 0.717) is 0 Å². The maximum absolute atomic E-state index is 5.40. The summed E-state index contributed by atoms with van der Waals surface area (Å²) in [7, 11) is 3.77. The molecule has 0 atom stereocenters. The molecule has 1 heterocycles. The molecule has 0 amide bonds. The number of thiazole rings is 1. The van der Waals surface area contributed by atoms with E-state index in [-0.39, 0.29) is 0 Å². The highest BCUT2D eigenvalue weighted by Gasteiger charge is 2.09. The molecule has 1 N–H and O–H groups in total. The van der Waals surface area contributed by atoms with Gasteiger partial charge in [0.15, 0.2) is 5.13 Å². The number of nitrogens with zero attached hydrogens (tertiary/aromatic N) is 2. The van der Waals surface area contributed by atoms with Gasteiger partial charge in [-0.1, -0.05) is 19.1 Å². The molecule has 4 nitrogen and oxygen atoms in total. The smallest absolute Gasteiger partial charge is 0.182 e. The first-order valence-electron chi connectivity index (χ1n) is 6.77. The van der Waals surface area contributed by atoms with E-state index >= 15 is 0 Å². The van der Waals surface area contributed by atoms with E-state index in [1.54, 1.807) is 18.4 Å². The molecule has 20 heavy (non-hydrogen) atoms. The average molecular weight is 291 g/mol. The van der Waals surface area contributed by atoms with Crippen molar-refractivity contribution in [2.75, 3.05) is 30.9 Å². The van der Waals surface area contributed by atoms with Gasteiger partial charge in [-0.3, -0.25) is 0 Å². The van der Waals surface area contributed by atoms with Crippen LogP contribution in [0.15, 0.2) is 30.5 Å². The van der Waals surface area contributed by atoms with Crippen LogP contribution in [0.5, 0.6) is 5.75 Å². The number of hydrogen-bond donors (Lipinski definition) is 1. The first kappa shape index (κ1) is 14.7. The molecule has 0 aliphatic heterocycles. The summed E-state index contributed by atoms with van der Waals surface area (Å²) in [5.74, 6) is 0.892. The van der Waals surface area contributed by atoms with Crippen molar-refractivity contribution < 1.29 is 4.74 Å². The van der Waals surface area contributed by atoms with Crippen LogP contribution in [-0.2, 0) is 6.54 Å². The number of hydrogen-bond acceptors (Lipinski definition) is 5. The summed E-state index contributed by atoms with van der Waals surface area (Å²) in [4.78, 5) is 7.80. The van der Waals surface area contributed by atoms with Crippen LogP contribution in [0.2, 0.25) is 0 Å². The normalized spacial score (nSPS) is 10.3. The minimum atomic E-state index is 0.825. The Morgan fingerprint density at radius 3 is 2.90 bits per heavy atom. The Kier molecular flexibility index (Phi) is 5.24. The largest absolute Gasteiger partial charge is 0.495 e. The number of para-hydroxylation sites is 2. The summed E-state index contributed by atoms with van der Waals surface area (Å²) in [5, 5.41) is 4.31. The van der Waals surface area contributed by atoms with Gasteiger partial charge in [-0.05, 0) is 18.6 Å². The van der Waals surface area contributed by atoms with Gasteiger partial charge in [0.25, 0.3) is 0 Å². The van der Waals surface area contributed by atoms with Crippen LogP contribution in [0.3, 0.4) is 0 Å². The zero-order valence-electron chi connectivity index (χ0n) is 12.2. The molecule has 2 aromatic rings. The van der Waals surface area contributed by atoms with Crippen molar-refractivity contribution in [1.29, 1.82) is 0 Å². The third-order valence-corrected chi connectivity index (χ3v) is 3.91. The van der Waals surface area contributed by atoms with Crippen molar-refractivity contribution in [3.05, 3.63) is 35.3 Å². The molecule has 2 rings (SSSR count). The molecule has 1 aromatic carbocycles. The van der Waals surface area contributed by atoms with Crippen LogP contribution in [0, 0.1) is 0 Å². The van der Waals surface area contributed by atoms with Crippen molar-refractivity contribution in [3.63, 3.8) is 0 Å². The number of aromatic nitrogens is 1. The number of nitrogens with one attached hydrogen (secondary N) is 1. The van der Waals surface area contributed by atoms with E-state index in [9.17, 15) is 0 Å². The number of anilines is 2. The van der Waals surface area contributed by atoms with Crippen molar-refractivity contribution in [1.82, 2.24) is 4.98 Å². The lowest BCUT2D eigenvalue weighted by atomic mass is 10.2. The SMILES string of the molecule is CCCNc1ncc(CN(C)c2ccccc2OC)s1. The zero-order valence-corrected chi connectivity index (χ0v) is 13.0. The first-order chi connectivity index (χ1) is 9.74. The minimum absolute atomic E-state index is 0.825. The molecular weight excluding hydrogens is 270 g/mol. The van der Waals surface area contributed by atoms with Gasteiger partial charge in [-0.15, -0.1) is 11.3 Å². The molecule has 0 unspecified atom stereocenters. The molecule has 0 aliphatic rings. The molecule has 0 aliphatic carbocycles. The average Bonchev–Trinajstić information content (AvgIpc) is 2.92. The highest BCUT2D eigenvalue weighted by molar-refractivity contribution is 7.15. The third-order valence-electron chi connectivity index (χ3n) is 2.97. The Hall–Kier alpha value is -1.75. The lowest BCUT2D eigenvalue weighted by molar-refractivity contribution is 0.415. The standard InChI is InChI=1S/C15H21N3OS/c1-4-9-16-15-17-10-12(20-15)11-18(2)13-7-5-6-8-14(13)19-3/h5-8,10H,4,9,11H2,1-3H3,(H,16,17). The van der Waals surface area contributed by atoms with Gasteiger partial charge in [-0.2, -0.15) is 0 Å². The molecule has 108 valence electrons. The second-order valence-electron chi connectivity index (χ2n) is 4.59. The van der Waals surface area contributed by atoms with E-state index < -0.39 is 0 Å². The van der Waals surface area contributed by atoms with E-state index in [1.165, 1.54) is 4.88 Å². The highest BCUT2D eigenvalue weighted by atomic mass is 32.1. The predicted molar refractivity (Wildman–Crippen MR) is 86.0 cm³/mol. The Morgan fingerprint density at radius 1 is 1.35 bits per heavy atom. The number of benzene rings is 1. The second-order valence-corrected chi connectivity index (χ2v) is 5.70. The lowest BCUT2D eigenvalue weighted by Crippen LogP contribution is -2.16. The first-order valence-corrected chi connectivity index (χ1v) is 7.59. The summed E-state index contributed by atoms with van der Waals surface area (Å²) >= 11 is 1.70. The highest BCUT2D eigenvalue weighted by Crippen LogP contribution is 2.29. The Bertz CT molecular complexity index is 541. The van der Waals surface area contributed by atoms with Crippen LogP contribution in [-0.4, -0.2) is 25.7 Å². The van der Waals surface area contributed by atoms with E-state index in [1.807, 2.05) is 24.4 Å². The Labute approximate surface area is 124 Å². The van der Waals surface area contributed by atoms with Gasteiger partial charge in [0, 0.05) is 24.7 Å². The summed E-state index contributed by atoms with van der Waals surface area (Å²) < 4.78 is 5.40. The van der Waals surface area contributed by atoms with Gasteiger partial charge in [0.2, 0.25) is 0 Å². The summed E-state index contributed by atoms with van der Waals surface area (Å²) in [6.45, 7) is 3.94. The fraction of sp³-hybridized carbons (Fsp3) is 0.400. The van der Waals surface area contributed by atoms with Crippen LogP contribution in [0.1, 0.15) is 18.2 Å². The molecule has 0 bridgehead atoms.